The first-order valence-electron chi connectivity index (χ1n) is 7.88. The topological polar surface area (TPSA) is 137 Å². The Labute approximate surface area is 147 Å². The van der Waals surface area contributed by atoms with Gasteiger partial charge >= 0.3 is 11.7 Å². The number of nitro groups is 1. The normalized spacial score (nSPS) is 13.5. The summed E-state index contributed by atoms with van der Waals surface area (Å²) in [5.74, 6) is -0.941. The van der Waals surface area contributed by atoms with Crippen molar-refractivity contribution < 1.29 is 24.4 Å². The number of nitrogens with one attached hydrogen (secondary N) is 1. The number of carbonyl (C=O) groups is 2. The van der Waals surface area contributed by atoms with Crippen molar-refractivity contribution in [2.45, 2.75) is 25.4 Å². The van der Waals surface area contributed by atoms with E-state index in [9.17, 15) is 24.8 Å². The minimum atomic E-state index is -1.18. The summed E-state index contributed by atoms with van der Waals surface area (Å²) in [5.41, 5.74) is 1.20. The number of carboxylic acid groups (broad SMARTS) is 1. The summed E-state index contributed by atoms with van der Waals surface area (Å²) in [5, 5.41) is 26.3. The molecule has 26 heavy (non-hydrogen) atoms. The predicted octanol–water partition coefficient (Wildman–Crippen LogP) is 1.06. The van der Waals surface area contributed by atoms with Gasteiger partial charge in [0.25, 0.3) is 0 Å². The molecule has 1 unspecified atom stereocenters. The number of amides is 1. The standard InChI is InChI=1S/C16H16N4O6/c21-14(3-5-19-9-12(8-17-19)20(24)25)18-15(16(22)23)11-1-2-13-10(7-11)4-6-26-13/h1-2,7-9,15H,3-6H2,(H,18,21)(H,22,23). The molecule has 2 N–H and O–H groups in total. The lowest BCUT2D eigenvalue weighted by Gasteiger charge is -2.16. The number of nitrogens with zero attached hydrogens (tertiary/aromatic N) is 3. The van der Waals surface area contributed by atoms with Crippen LogP contribution in [0, 0.1) is 10.1 Å². The number of ether oxygens (including phenoxy) is 1. The van der Waals surface area contributed by atoms with Gasteiger partial charge in [-0.05, 0) is 23.3 Å². The summed E-state index contributed by atoms with van der Waals surface area (Å²) in [6, 6.07) is 3.85. The molecule has 1 aromatic heterocycles. The minimum Gasteiger partial charge on any atom is -0.493 e. The van der Waals surface area contributed by atoms with E-state index in [1.165, 1.54) is 10.9 Å². The van der Waals surface area contributed by atoms with Gasteiger partial charge in [0.05, 0.1) is 11.5 Å². The Bertz CT molecular complexity index is 862. The number of hydrogen-bond donors (Lipinski definition) is 2. The van der Waals surface area contributed by atoms with Crippen molar-refractivity contribution in [2.24, 2.45) is 0 Å². The second-order valence-electron chi connectivity index (χ2n) is 5.77. The van der Waals surface area contributed by atoms with Crippen LogP contribution in [-0.4, -0.2) is 38.3 Å². The molecule has 0 saturated heterocycles. The van der Waals surface area contributed by atoms with Crippen molar-refractivity contribution in [1.82, 2.24) is 15.1 Å². The molecule has 1 amide bonds. The smallest absolute Gasteiger partial charge is 0.330 e. The van der Waals surface area contributed by atoms with Crippen LogP contribution in [0.15, 0.2) is 30.6 Å². The Morgan fingerprint density at radius 1 is 1.46 bits per heavy atom. The quantitative estimate of drug-likeness (QED) is 0.556. The second-order valence-corrected chi connectivity index (χ2v) is 5.77. The van der Waals surface area contributed by atoms with Crippen LogP contribution >= 0.6 is 0 Å². The number of rotatable bonds is 7. The molecule has 2 heterocycles. The predicted molar refractivity (Wildman–Crippen MR) is 87.7 cm³/mol. The third-order valence-corrected chi connectivity index (χ3v) is 4.00. The van der Waals surface area contributed by atoms with E-state index in [4.69, 9.17) is 4.74 Å². The third-order valence-electron chi connectivity index (χ3n) is 4.00. The van der Waals surface area contributed by atoms with Crippen LogP contribution < -0.4 is 10.1 Å². The number of hydrogen-bond acceptors (Lipinski definition) is 6. The van der Waals surface area contributed by atoms with Crippen LogP contribution in [-0.2, 0) is 22.6 Å². The van der Waals surface area contributed by atoms with Crippen LogP contribution in [0.3, 0.4) is 0 Å². The van der Waals surface area contributed by atoms with Crippen molar-refractivity contribution in [1.29, 1.82) is 0 Å². The van der Waals surface area contributed by atoms with Gasteiger partial charge in [-0.2, -0.15) is 5.10 Å². The van der Waals surface area contributed by atoms with Crippen LogP contribution in [0.4, 0.5) is 5.69 Å². The molecular formula is C16H16N4O6. The summed E-state index contributed by atoms with van der Waals surface area (Å²) in [6.07, 6.45) is 2.94. The Morgan fingerprint density at radius 3 is 2.96 bits per heavy atom. The number of fused-ring (bicyclic) bond motifs is 1. The Morgan fingerprint density at radius 2 is 2.27 bits per heavy atom. The van der Waals surface area contributed by atoms with Crippen molar-refractivity contribution in [3.05, 3.63) is 51.8 Å². The second kappa shape index (κ2) is 7.21. The number of benzene rings is 1. The lowest BCUT2D eigenvalue weighted by atomic mass is 10.0. The fraction of sp³-hybridized carbons (Fsp3) is 0.312. The van der Waals surface area contributed by atoms with Crippen molar-refractivity contribution >= 4 is 17.6 Å². The van der Waals surface area contributed by atoms with Gasteiger partial charge in [-0.25, -0.2) is 4.79 Å². The van der Waals surface area contributed by atoms with Crippen molar-refractivity contribution in [3.63, 3.8) is 0 Å². The molecule has 0 bridgehead atoms. The maximum absolute atomic E-state index is 12.1. The van der Waals surface area contributed by atoms with Gasteiger partial charge in [-0.3, -0.25) is 19.6 Å². The molecule has 1 aliphatic heterocycles. The molecular weight excluding hydrogens is 344 g/mol. The van der Waals surface area contributed by atoms with Gasteiger partial charge in [-0.15, -0.1) is 0 Å². The van der Waals surface area contributed by atoms with Gasteiger partial charge < -0.3 is 15.2 Å². The molecule has 136 valence electrons. The maximum Gasteiger partial charge on any atom is 0.330 e. The Kier molecular flexibility index (Phi) is 4.83. The van der Waals surface area contributed by atoms with Gasteiger partial charge in [0.2, 0.25) is 5.91 Å². The summed E-state index contributed by atoms with van der Waals surface area (Å²) < 4.78 is 6.65. The number of carboxylic acids is 1. The highest BCUT2D eigenvalue weighted by Gasteiger charge is 2.24. The monoisotopic (exact) mass is 360 g/mol. The highest BCUT2D eigenvalue weighted by molar-refractivity contribution is 5.84. The highest BCUT2D eigenvalue weighted by atomic mass is 16.6. The number of aromatic nitrogens is 2. The zero-order valence-corrected chi connectivity index (χ0v) is 13.6. The number of aryl methyl sites for hydroxylation is 1. The lowest BCUT2D eigenvalue weighted by Crippen LogP contribution is -2.34. The number of aliphatic carboxylic acids is 1. The third kappa shape index (κ3) is 3.79. The summed E-state index contributed by atoms with van der Waals surface area (Å²) in [7, 11) is 0. The van der Waals surface area contributed by atoms with E-state index < -0.39 is 22.8 Å². The molecule has 1 aliphatic rings. The Balaban J connectivity index is 1.63. The first-order valence-corrected chi connectivity index (χ1v) is 7.88. The molecule has 3 rings (SSSR count). The summed E-state index contributed by atoms with van der Waals surface area (Å²) >= 11 is 0. The van der Waals surface area contributed by atoms with Crippen molar-refractivity contribution in [3.8, 4) is 5.75 Å². The highest BCUT2D eigenvalue weighted by Crippen LogP contribution is 2.28. The van der Waals surface area contributed by atoms with Gasteiger partial charge in [0.15, 0.2) is 6.04 Å². The molecule has 0 fully saturated rings. The van der Waals surface area contributed by atoms with Gasteiger partial charge in [0.1, 0.15) is 18.1 Å². The minimum absolute atomic E-state index is 0.0589. The van der Waals surface area contributed by atoms with E-state index >= 15 is 0 Å². The zero-order valence-electron chi connectivity index (χ0n) is 13.6. The molecule has 0 saturated carbocycles. The average molecular weight is 360 g/mol. The largest absolute Gasteiger partial charge is 0.493 e. The van der Waals surface area contributed by atoms with Crippen LogP contribution in [0.5, 0.6) is 5.75 Å². The fourth-order valence-electron chi connectivity index (χ4n) is 2.69. The SMILES string of the molecule is O=C(CCn1cc([N+](=O)[O-])cn1)NC(C(=O)O)c1ccc2c(c1)CCO2. The first kappa shape index (κ1) is 17.4. The first-order chi connectivity index (χ1) is 12.4. The van der Waals surface area contributed by atoms with E-state index in [-0.39, 0.29) is 18.7 Å². The van der Waals surface area contributed by atoms with Gasteiger partial charge in [0, 0.05) is 19.4 Å². The molecule has 0 aliphatic carbocycles. The van der Waals surface area contributed by atoms with Crippen LogP contribution in [0.1, 0.15) is 23.6 Å². The molecule has 2 aromatic rings. The van der Waals surface area contributed by atoms with E-state index in [0.717, 1.165) is 17.5 Å². The van der Waals surface area contributed by atoms with Gasteiger partial charge in [-0.1, -0.05) is 6.07 Å². The zero-order chi connectivity index (χ0) is 18.7. The molecule has 10 nitrogen and oxygen atoms in total. The average Bonchev–Trinajstić information content (AvgIpc) is 3.25. The van der Waals surface area contributed by atoms with Crippen molar-refractivity contribution in [2.75, 3.05) is 6.61 Å². The summed E-state index contributed by atoms with van der Waals surface area (Å²) in [6.45, 7) is 0.656. The molecule has 0 radical (unpaired) electrons. The van der Waals surface area contributed by atoms with E-state index in [0.29, 0.717) is 18.6 Å². The lowest BCUT2D eigenvalue weighted by molar-refractivity contribution is -0.385. The van der Waals surface area contributed by atoms with Crippen LogP contribution in [0.25, 0.3) is 0 Å². The number of carbonyl (C=O) groups excluding carboxylic acids is 1. The molecule has 0 spiro atoms. The molecule has 10 heteroatoms. The molecule has 1 aromatic carbocycles. The van der Waals surface area contributed by atoms with E-state index in [1.54, 1.807) is 18.2 Å². The molecule has 1 atom stereocenters. The summed E-state index contributed by atoms with van der Waals surface area (Å²) in [4.78, 5) is 33.7. The van der Waals surface area contributed by atoms with E-state index in [2.05, 4.69) is 10.4 Å². The fourth-order valence-corrected chi connectivity index (χ4v) is 2.69. The van der Waals surface area contributed by atoms with Crippen LogP contribution in [0.2, 0.25) is 0 Å². The maximum atomic E-state index is 12.1. The Hall–Kier alpha value is -3.43. The van der Waals surface area contributed by atoms with E-state index in [1.807, 2.05) is 0 Å².